The van der Waals surface area contributed by atoms with Crippen molar-refractivity contribution in [3.63, 3.8) is 0 Å². The van der Waals surface area contributed by atoms with Gasteiger partial charge in [-0.1, -0.05) is 127 Å². The molecule has 1 aliphatic rings. The summed E-state index contributed by atoms with van der Waals surface area (Å²) in [7, 11) is 0. The Morgan fingerprint density at radius 3 is 2.13 bits per heavy atom. The lowest BCUT2D eigenvalue weighted by atomic mass is 9.93. The van der Waals surface area contributed by atoms with E-state index in [2.05, 4.69) is 164 Å². The van der Waals surface area contributed by atoms with Crippen LogP contribution in [0.25, 0.3) is 75.1 Å². The van der Waals surface area contributed by atoms with Gasteiger partial charge in [0.2, 0.25) is 0 Å². The normalized spacial score (nSPS) is 13.2. The molecule has 2 heterocycles. The lowest BCUT2D eigenvalue weighted by molar-refractivity contribution is 1.02. The van der Waals surface area contributed by atoms with Crippen LogP contribution in [-0.4, -0.2) is 6.21 Å². The summed E-state index contributed by atoms with van der Waals surface area (Å²) in [5.41, 5.74) is 10.8. The first-order valence-electron chi connectivity index (χ1n) is 18.3. The summed E-state index contributed by atoms with van der Waals surface area (Å²) in [4.78, 5) is 6.61. The summed E-state index contributed by atoms with van der Waals surface area (Å²) < 4.78 is 4.03. The number of allylic oxidation sites excluding steroid dienone is 2. The quantitative estimate of drug-likeness (QED) is 0.146. The summed E-state index contributed by atoms with van der Waals surface area (Å²) in [6.07, 6.45) is 11.9. The summed E-state index contributed by atoms with van der Waals surface area (Å²) >= 11 is 3.82. The van der Waals surface area contributed by atoms with Gasteiger partial charge >= 0.3 is 0 Å². The first-order valence-corrected chi connectivity index (χ1v) is 19.9. The highest BCUT2D eigenvalue weighted by molar-refractivity contribution is 7.25. The van der Waals surface area contributed by atoms with Crippen LogP contribution in [-0.2, 0) is 12.8 Å². The van der Waals surface area contributed by atoms with Crippen LogP contribution >= 0.6 is 22.7 Å². The highest BCUT2D eigenvalue weighted by atomic mass is 32.1. The minimum atomic E-state index is 0.748. The van der Waals surface area contributed by atoms with E-state index in [0.717, 1.165) is 36.1 Å². The molecule has 0 aliphatic heterocycles. The number of aryl methyl sites for hydroxylation is 1. The molecule has 0 saturated carbocycles. The molecular weight excluding hydrogens is 679 g/mol. The molecular formula is C50H35NS2. The van der Waals surface area contributed by atoms with Crippen molar-refractivity contribution in [3.05, 3.63) is 191 Å². The Morgan fingerprint density at radius 1 is 0.566 bits per heavy atom. The van der Waals surface area contributed by atoms with Crippen LogP contribution in [0.15, 0.2) is 169 Å². The number of hydrogen-bond acceptors (Lipinski definition) is 3. The second kappa shape index (κ2) is 13.6. The molecule has 0 fully saturated rings. The summed E-state index contributed by atoms with van der Waals surface area (Å²) in [5, 5.41) is 6.46. The van der Waals surface area contributed by atoms with E-state index in [1.165, 1.54) is 79.3 Å². The lowest BCUT2D eigenvalue weighted by Crippen LogP contribution is -1.91. The van der Waals surface area contributed by atoms with E-state index < -0.39 is 0 Å². The molecule has 1 nitrogen and oxygen atoms in total. The predicted molar refractivity (Wildman–Crippen MR) is 233 cm³/mol. The van der Waals surface area contributed by atoms with Crippen LogP contribution in [0.3, 0.4) is 0 Å². The third-order valence-corrected chi connectivity index (χ3v) is 12.8. The van der Waals surface area contributed by atoms with Gasteiger partial charge in [-0.05, 0) is 111 Å². The Labute approximate surface area is 317 Å². The molecule has 9 aromatic rings. The Kier molecular flexibility index (Phi) is 8.17. The molecule has 7 aromatic carbocycles. The van der Waals surface area contributed by atoms with E-state index in [1.807, 2.05) is 35.0 Å². The number of hydrogen-bond donors (Lipinski definition) is 0. The van der Waals surface area contributed by atoms with Crippen molar-refractivity contribution in [2.45, 2.75) is 19.3 Å². The maximum absolute atomic E-state index is 5.11. The smallest absolute Gasteiger partial charge is 0.0665 e. The van der Waals surface area contributed by atoms with Gasteiger partial charge in [-0.2, -0.15) is 0 Å². The van der Waals surface area contributed by atoms with Crippen LogP contribution in [0.1, 0.15) is 33.6 Å². The first-order chi connectivity index (χ1) is 26.2. The highest BCUT2D eigenvalue weighted by Gasteiger charge is 2.15. The molecule has 0 unspecified atom stereocenters. The number of aliphatic imine (C=N–C) groups is 1. The van der Waals surface area contributed by atoms with Crippen molar-refractivity contribution < 1.29 is 0 Å². The van der Waals surface area contributed by atoms with Crippen molar-refractivity contribution in [1.82, 2.24) is 0 Å². The van der Waals surface area contributed by atoms with Crippen LogP contribution in [0.4, 0.5) is 0 Å². The van der Waals surface area contributed by atoms with Crippen LogP contribution in [0.5, 0.6) is 0 Å². The summed E-state index contributed by atoms with van der Waals surface area (Å²) in [6.45, 7) is 0. The minimum Gasteiger partial charge on any atom is -0.256 e. The van der Waals surface area contributed by atoms with Gasteiger partial charge in [0.25, 0.3) is 0 Å². The molecule has 0 amide bonds. The molecule has 53 heavy (non-hydrogen) atoms. The van der Waals surface area contributed by atoms with Crippen molar-refractivity contribution in [2.24, 2.45) is 4.99 Å². The van der Waals surface area contributed by atoms with Gasteiger partial charge in [-0.3, -0.25) is 4.99 Å². The van der Waals surface area contributed by atoms with E-state index in [0.29, 0.717) is 0 Å². The van der Waals surface area contributed by atoms with Crippen molar-refractivity contribution in [1.29, 1.82) is 0 Å². The fourth-order valence-corrected chi connectivity index (χ4v) is 9.95. The molecule has 0 radical (unpaired) electrons. The number of rotatable bonds is 7. The number of benzene rings is 7. The molecule has 10 rings (SSSR count). The number of thiophene rings is 2. The number of nitrogens with zero attached hydrogens (tertiary/aromatic N) is 1. The van der Waals surface area contributed by atoms with E-state index in [-0.39, 0.29) is 0 Å². The van der Waals surface area contributed by atoms with Gasteiger partial charge in [0.05, 0.1) is 5.70 Å². The van der Waals surface area contributed by atoms with Crippen LogP contribution in [0.2, 0.25) is 0 Å². The average Bonchev–Trinajstić information content (AvgIpc) is 3.78. The highest BCUT2D eigenvalue weighted by Crippen LogP contribution is 2.40. The molecule has 0 saturated heterocycles. The molecule has 1 aliphatic carbocycles. The third kappa shape index (κ3) is 6.23. The van der Waals surface area contributed by atoms with E-state index in [9.17, 15) is 0 Å². The maximum atomic E-state index is 5.11. The van der Waals surface area contributed by atoms with Gasteiger partial charge in [-0.25, -0.2) is 0 Å². The molecule has 0 spiro atoms. The average molecular weight is 714 g/mol. The fraction of sp³-hybridized carbons (Fsp3) is 0.0600. The Balaban J connectivity index is 1.11. The van der Waals surface area contributed by atoms with Crippen molar-refractivity contribution in [3.8, 4) is 22.3 Å². The van der Waals surface area contributed by atoms with Gasteiger partial charge < -0.3 is 0 Å². The van der Waals surface area contributed by atoms with Gasteiger partial charge in [-0.15, -0.1) is 22.7 Å². The zero-order valence-electron chi connectivity index (χ0n) is 29.1. The molecule has 2 aromatic heterocycles. The van der Waals surface area contributed by atoms with Gasteiger partial charge in [0.15, 0.2) is 0 Å². The Hall–Kier alpha value is -5.87. The standard InChI is InChI=1S/C50H35NS2/c1-2-10-33(11-3-1)32-51-46(39-20-19-35-12-4-5-13-36(35)28-39)23-18-34-26-40(37-21-24-49-44(30-37)42-14-6-8-16-47(42)52-49)29-41(27-34)38-22-25-50-45(31-38)43-15-7-9-17-48(43)53-50/h1-8,10-16,19-32H,9,17-18H2/b46-23-,51-32?. The fourth-order valence-electron chi connectivity index (χ4n) is 7.67. The maximum Gasteiger partial charge on any atom is 0.0665 e. The summed E-state index contributed by atoms with van der Waals surface area (Å²) in [6, 6.07) is 55.5. The second-order valence-electron chi connectivity index (χ2n) is 13.8. The third-order valence-electron chi connectivity index (χ3n) is 10.4. The van der Waals surface area contributed by atoms with E-state index in [1.54, 1.807) is 0 Å². The molecule has 0 bridgehead atoms. The van der Waals surface area contributed by atoms with Crippen molar-refractivity contribution >= 4 is 81.7 Å². The topological polar surface area (TPSA) is 12.4 Å². The molecule has 3 heteroatoms. The molecule has 252 valence electrons. The van der Waals surface area contributed by atoms with E-state index in [4.69, 9.17) is 4.99 Å². The molecule has 0 atom stereocenters. The van der Waals surface area contributed by atoms with Gasteiger partial charge in [0, 0.05) is 46.9 Å². The zero-order chi connectivity index (χ0) is 35.1. The zero-order valence-corrected chi connectivity index (χ0v) is 30.8. The number of fused-ring (bicyclic) bond motifs is 7. The van der Waals surface area contributed by atoms with Gasteiger partial charge in [0.1, 0.15) is 0 Å². The SMILES string of the molecule is C1=Cc2c(sc3ccc(-c4cc(C/C=C(\N=Cc5ccccc5)c5ccc6ccccc6c5)cc(-c5ccc6sc7ccccc7c6c5)c4)cc23)CC1. The van der Waals surface area contributed by atoms with Crippen LogP contribution < -0.4 is 0 Å². The summed E-state index contributed by atoms with van der Waals surface area (Å²) in [5.74, 6) is 0. The monoisotopic (exact) mass is 713 g/mol. The van der Waals surface area contributed by atoms with Crippen LogP contribution in [0, 0.1) is 0 Å². The first kappa shape index (κ1) is 31.8. The molecule has 0 N–H and O–H groups in total. The van der Waals surface area contributed by atoms with E-state index >= 15 is 0 Å². The lowest BCUT2D eigenvalue weighted by Gasteiger charge is -2.12. The Bertz CT molecular complexity index is 2920. The Morgan fingerprint density at radius 2 is 1.28 bits per heavy atom. The largest absolute Gasteiger partial charge is 0.256 e. The minimum absolute atomic E-state index is 0.748. The predicted octanol–water partition coefficient (Wildman–Crippen LogP) is 14.4. The second-order valence-corrected chi connectivity index (χ2v) is 16.1. The van der Waals surface area contributed by atoms with Crippen molar-refractivity contribution in [2.75, 3.05) is 0 Å².